The molecule has 514 valence electrons. The second-order valence-corrected chi connectivity index (χ2v) is 29.2. The molecule has 0 bridgehead atoms. The molecule has 0 atom stereocenters. The van der Waals surface area contributed by atoms with Crippen LogP contribution in [0.2, 0.25) is 0 Å². The highest BCUT2D eigenvalue weighted by molar-refractivity contribution is 6.00. The molecule has 0 saturated heterocycles. The van der Waals surface area contributed by atoms with Crippen LogP contribution in [0.3, 0.4) is 0 Å². The van der Waals surface area contributed by atoms with Crippen LogP contribution in [0.1, 0.15) is 25.0 Å². The average molecular weight is 1390 g/mol. The lowest BCUT2D eigenvalue weighted by Crippen LogP contribution is -2.16. The SMILES string of the molecule is CC1(C)c2cccc(-c3ccc4cc(-c5cccc(N(c6ccc(-c7cccc(-c8ccccc8)c7)cc6)c6cccc(-c7cccc(-c8ccccc8)c7)c6)c5)ccc4c3)c2-c2cccc(-c3ccc(N(c4cccc(-c5cccc(-c6ccccc6)c5)c4)c4cccc(-c5ccc6ccccc6c5)c4)cc3)c21. The highest BCUT2D eigenvalue weighted by Crippen LogP contribution is 2.56. The van der Waals surface area contributed by atoms with Crippen molar-refractivity contribution >= 4 is 55.7 Å². The molecule has 0 saturated carbocycles. The Hall–Kier alpha value is -13.9. The smallest absolute Gasteiger partial charge is 0.0467 e. The molecule has 0 unspecified atom stereocenters. The molecule has 0 heterocycles. The Morgan fingerprint density at radius 3 is 0.881 bits per heavy atom. The van der Waals surface area contributed by atoms with E-state index in [1.165, 1.54) is 127 Å². The molecule has 18 aromatic carbocycles. The van der Waals surface area contributed by atoms with Crippen LogP contribution >= 0.6 is 0 Å². The van der Waals surface area contributed by atoms with E-state index in [9.17, 15) is 0 Å². The lowest BCUT2D eigenvalue weighted by atomic mass is 9.78. The molecule has 1 aliphatic rings. The molecular formula is C107H76N2. The third kappa shape index (κ3) is 12.8. The van der Waals surface area contributed by atoms with Gasteiger partial charge in [-0.2, -0.15) is 0 Å². The van der Waals surface area contributed by atoms with Crippen molar-refractivity contribution in [2.75, 3.05) is 9.80 Å². The molecular weight excluding hydrogens is 1310 g/mol. The summed E-state index contributed by atoms with van der Waals surface area (Å²) in [5, 5.41) is 4.85. The van der Waals surface area contributed by atoms with Gasteiger partial charge in [0, 0.05) is 39.5 Å². The van der Waals surface area contributed by atoms with Crippen molar-refractivity contribution in [3.05, 3.63) is 436 Å². The zero-order valence-electron chi connectivity index (χ0n) is 60.8. The number of rotatable bonds is 16. The van der Waals surface area contributed by atoms with E-state index in [0.29, 0.717) is 0 Å². The first kappa shape index (κ1) is 65.8. The van der Waals surface area contributed by atoms with Crippen LogP contribution in [0, 0.1) is 0 Å². The predicted molar refractivity (Wildman–Crippen MR) is 463 cm³/mol. The summed E-state index contributed by atoms with van der Waals surface area (Å²) in [5.74, 6) is 0. The lowest BCUT2D eigenvalue weighted by molar-refractivity contribution is 0.662. The topological polar surface area (TPSA) is 6.48 Å². The Morgan fingerprint density at radius 1 is 0.165 bits per heavy atom. The number of benzene rings is 18. The minimum atomic E-state index is -0.282. The van der Waals surface area contributed by atoms with E-state index in [2.05, 4.69) is 448 Å². The molecule has 0 amide bonds. The second-order valence-electron chi connectivity index (χ2n) is 29.2. The molecule has 19 rings (SSSR count). The van der Waals surface area contributed by atoms with Crippen LogP contribution in [-0.2, 0) is 5.41 Å². The van der Waals surface area contributed by atoms with Crippen molar-refractivity contribution in [2.45, 2.75) is 19.3 Å². The van der Waals surface area contributed by atoms with Gasteiger partial charge in [0.05, 0.1) is 0 Å². The normalized spacial score (nSPS) is 12.0. The molecule has 0 spiro atoms. The second kappa shape index (κ2) is 28.2. The average Bonchev–Trinajstić information content (AvgIpc) is 1.56. The standard InChI is InChI=1S/C107H76N2/c1-107(2)104-48-22-45-101(105(104)103-47-21-46-102(106(103)107)78-57-61-96(62-58-78)109(100-44-19-39-88(71-100)90-50-49-76-29-12-13-30-79(76)66-90)98-42-18-38-87(70-98)85-36-16-33-82(65-85)75-27-10-5-11-28-75)94-54-53-92-67-91(51-52-93(92)68-94)89-40-20-43-99(72-89)108(95-59-55-77(56-60-95)83-34-14-31-80(63-83)73-23-6-3-7-24-73)97-41-17-37-86(69-97)84-35-15-32-81(64-84)74-25-8-4-9-26-74/h3-72H,1-2H3. The van der Waals surface area contributed by atoms with E-state index in [4.69, 9.17) is 0 Å². The monoisotopic (exact) mass is 1390 g/mol. The van der Waals surface area contributed by atoms with Gasteiger partial charge < -0.3 is 9.80 Å². The van der Waals surface area contributed by atoms with Gasteiger partial charge in [0.1, 0.15) is 0 Å². The first-order valence-corrected chi connectivity index (χ1v) is 37.7. The summed E-state index contributed by atoms with van der Waals surface area (Å²) in [6.07, 6.45) is 0. The molecule has 0 aromatic heterocycles. The Bertz CT molecular complexity index is 6430. The number of nitrogens with zero attached hydrogens (tertiary/aromatic N) is 2. The van der Waals surface area contributed by atoms with Gasteiger partial charge in [-0.25, -0.2) is 0 Å². The Kier molecular flexibility index (Phi) is 17.0. The quantitative estimate of drug-likeness (QED) is 0.0951. The Balaban J connectivity index is 0.641. The molecule has 0 aliphatic heterocycles. The number of hydrogen-bond acceptors (Lipinski definition) is 2. The van der Waals surface area contributed by atoms with Crippen LogP contribution in [0.25, 0.3) is 144 Å². The van der Waals surface area contributed by atoms with Gasteiger partial charge in [0.15, 0.2) is 0 Å². The first-order valence-electron chi connectivity index (χ1n) is 37.7. The number of fused-ring (bicyclic) bond motifs is 5. The molecule has 0 radical (unpaired) electrons. The summed E-state index contributed by atoms with van der Waals surface area (Å²) in [6.45, 7) is 4.82. The van der Waals surface area contributed by atoms with E-state index < -0.39 is 0 Å². The van der Waals surface area contributed by atoms with Crippen molar-refractivity contribution in [1.29, 1.82) is 0 Å². The molecule has 18 aromatic rings. The minimum absolute atomic E-state index is 0.282. The van der Waals surface area contributed by atoms with Crippen molar-refractivity contribution in [3.63, 3.8) is 0 Å². The van der Waals surface area contributed by atoms with Gasteiger partial charge in [0.2, 0.25) is 0 Å². The highest BCUT2D eigenvalue weighted by Gasteiger charge is 2.39. The Labute approximate surface area is 638 Å². The summed E-state index contributed by atoms with van der Waals surface area (Å²) < 4.78 is 0. The zero-order valence-corrected chi connectivity index (χ0v) is 60.8. The van der Waals surface area contributed by atoms with Crippen molar-refractivity contribution < 1.29 is 0 Å². The van der Waals surface area contributed by atoms with Crippen molar-refractivity contribution in [2.24, 2.45) is 0 Å². The van der Waals surface area contributed by atoms with Gasteiger partial charge in [-0.1, -0.05) is 329 Å². The van der Waals surface area contributed by atoms with Crippen molar-refractivity contribution in [3.8, 4) is 122 Å². The summed E-state index contributed by atoms with van der Waals surface area (Å²) >= 11 is 0. The fourth-order valence-corrected chi connectivity index (χ4v) is 16.7. The van der Waals surface area contributed by atoms with Crippen LogP contribution in [-0.4, -0.2) is 0 Å². The zero-order chi connectivity index (χ0) is 72.8. The maximum absolute atomic E-state index is 2.42. The molecule has 2 nitrogen and oxygen atoms in total. The predicted octanol–water partition coefficient (Wildman–Crippen LogP) is 29.9. The molecule has 1 aliphatic carbocycles. The van der Waals surface area contributed by atoms with E-state index in [0.717, 1.165) is 61.9 Å². The maximum atomic E-state index is 2.42. The maximum Gasteiger partial charge on any atom is 0.0467 e. The minimum Gasteiger partial charge on any atom is -0.310 e. The van der Waals surface area contributed by atoms with Crippen LogP contribution < -0.4 is 9.80 Å². The highest BCUT2D eigenvalue weighted by atomic mass is 15.1. The fourth-order valence-electron chi connectivity index (χ4n) is 16.7. The summed E-state index contributed by atoms with van der Waals surface area (Å²) in [4.78, 5) is 4.82. The third-order valence-electron chi connectivity index (χ3n) is 22.2. The summed E-state index contributed by atoms with van der Waals surface area (Å²) in [7, 11) is 0. The van der Waals surface area contributed by atoms with Gasteiger partial charge in [-0.15, -0.1) is 0 Å². The third-order valence-corrected chi connectivity index (χ3v) is 22.2. The van der Waals surface area contributed by atoms with Crippen LogP contribution in [0.4, 0.5) is 34.1 Å². The van der Waals surface area contributed by atoms with E-state index in [-0.39, 0.29) is 5.41 Å². The van der Waals surface area contributed by atoms with E-state index in [1.54, 1.807) is 0 Å². The van der Waals surface area contributed by atoms with Crippen LogP contribution in [0.15, 0.2) is 425 Å². The largest absolute Gasteiger partial charge is 0.310 e. The van der Waals surface area contributed by atoms with Crippen molar-refractivity contribution in [1.82, 2.24) is 0 Å². The number of anilines is 6. The first-order chi connectivity index (χ1) is 53.7. The summed E-state index contributed by atoms with van der Waals surface area (Å²) in [6, 6.07) is 156. The van der Waals surface area contributed by atoms with Crippen LogP contribution in [0.5, 0.6) is 0 Å². The van der Waals surface area contributed by atoms with Gasteiger partial charge in [0.25, 0.3) is 0 Å². The van der Waals surface area contributed by atoms with E-state index in [1.807, 2.05) is 0 Å². The molecule has 0 N–H and O–H groups in total. The molecule has 2 heteroatoms. The van der Waals surface area contributed by atoms with E-state index >= 15 is 0 Å². The lowest BCUT2D eigenvalue weighted by Gasteiger charge is -2.27. The van der Waals surface area contributed by atoms with Gasteiger partial charge in [-0.05, 0) is 264 Å². The van der Waals surface area contributed by atoms with Gasteiger partial charge >= 0.3 is 0 Å². The number of hydrogen-bond donors (Lipinski definition) is 0. The molecule has 0 fully saturated rings. The molecule has 109 heavy (non-hydrogen) atoms. The Morgan fingerprint density at radius 2 is 0.440 bits per heavy atom. The fraction of sp³-hybridized carbons (Fsp3) is 0.0280. The summed E-state index contributed by atoms with van der Waals surface area (Å²) in [5.41, 5.74) is 35.2. The van der Waals surface area contributed by atoms with Gasteiger partial charge in [-0.3, -0.25) is 0 Å².